The van der Waals surface area contributed by atoms with E-state index in [2.05, 4.69) is 20.5 Å². The number of nitrogens with one attached hydrogen (secondary N) is 1. The lowest BCUT2D eigenvalue weighted by atomic mass is 10.2. The molecule has 7 nitrogen and oxygen atoms in total. The van der Waals surface area contributed by atoms with Gasteiger partial charge in [0.15, 0.2) is 11.0 Å². The van der Waals surface area contributed by atoms with Crippen molar-refractivity contribution in [3.8, 4) is 17.1 Å². The summed E-state index contributed by atoms with van der Waals surface area (Å²) in [7, 11) is 0. The van der Waals surface area contributed by atoms with Crippen molar-refractivity contribution >= 4 is 23.4 Å². The summed E-state index contributed by atoms with van der Waals surface area (Å²) in [6.45, 7) is 5.09. The van der Waals surface area contributed by atoms with E-state index in [1.54, 1.807) is 12.4 Å². The fraction of sp³-hybridized carbons (Fsp3) is 0.200. The number of amides is 1. The predicted molar refractivity (Wildman–Crippen MR) is 130 cm³/mol. The lowest BCUT2D eigenvalue weighted by molar-refractivity contribution is -0.115. The Morgan fingerprint density at radius 2 is 1.76 bits per heavy atom. The van der Waals surface area contributed by atoms with Crippen LogP contribution in [0, 0.1) is 0 Å². The molecule has 2 aromatic heterocycles. The molecule has 0 aliphatic heterocycles. The summed E-state index contributed by atoms with van der Waals surface area (Å²) in [4.78, 5) is 16.8. The minimum atomic E-state index is -0.348. The normalized spacial score (nSPS) is 11.7. The number of thioether (sulfide) groups is 1. The quantitative estimate of drug-likeness (QED) is 0.353. The molecule has 33 heavy (non-hydrogen) atoms. The van der Waals surface area contributed by atoms with Gasteiger partial charge < -0.3 is 14.6 Å². The maximum Gasteiger partial charge on any atom is 0.237 e. The van der Waals surface area contributed by atoms with Crippen LogP contribution in [0.5, 0.6) is 5.75 Å². The summed E-state index contributed by atoms with van der Waals surface area (Å²) in [6, 6.07) is 21.2. The zero-order chi connectivity index (χ0) is 23.0. The Bertz CT molecular complexity index is 1180. The zero-order valence-electron chi connectivity index (χ0n) is 18.5. The van der Waals surface area contributed by atoms with E-state index in [0.717, 1.165) is 22.7 Å². The number of hydrogen-bond acceptors (Lipinski definition) is 6. The Kier molecular flexibility index (Phi) is 7.36. The molecular formula is C25H25N5O2S. The van der Waals surface area contributed by atoms with E-state index in [1.807, 2.05) is 85.1 Å². The van der Waals surface area contributed by atoms with E-state index in [1.165, 1.54) is 11.8 Å². The Balaban J connectivity index is 1.35. The summed E-state index contributed by atoms with van der Waals surface area (Å²) in [5.74, 6) is 1.41. The maximum absolute atomic E-state index is 12.8. The first-order valence-corrected chi connectivity index (χ1v) is 11.6. The summed E-state index contributed by atoms with van der Waals surface area (Å²) in [6.07, 6.45) is 3.45. The number of rotatable bonds is 9. The van der Waals surface area contributed by atoms with Crippen molar-refractivity contribution in [1.82, 2.24) is 19.7 Å². The largest absolute Gasteiger partial charge is 0.489 e. The number of carbonyl (C=O) groups excluding carboxylic acids is 1. The van der Waals surface area contributed by atoms with Crippen molar-refractivity contribution < 1.29 is 9.53 Å². The van der Waals surface area contributed by atoms with Crippen LogP contribution in [0.25, 0.3) is 11.4 Å². The number of aromatic nitrogens is 4. The molecule has 4 aromatic rings. The van der Waals surface area contributed by atoms with Crippen molar-refractivity contribution in [1.29, 1.82) is 0 Å². The SMILES string of the molecule is CCn1c(S[C@H](C)C(=O)Nc2ccc(OCc3ccccc3)cc2)nnc1-c1ccncc1. The summed E-state index contributed by atoms with van der Waals surface area (Å²) in [5, 5.41) is 11.9. The number of ether oxygens (including phenoxy) is 1. The predicted octanol–water partition coefficient (Wildman–Crippen LogP) is 5.06. The van der Waals surface area contributed by atoms with Gasteiger partial charge in [-0.15, -0.1) is 10.2 Å². The van der Waals surface area contributed by atoms with Gasteiger partial charge in [-0.1, -0.05) is 42.1 Å². The van der Waals surface area contributed by atoms with Gasteiger partial charge in [0.1, 0.15) is 12.4 Å². The highest BCUT2D eigenvalue weighted by Gasteiger charge is 2.20. The zero-order valence-corrected chi connectivity index (χ0v) is 19.3. The van der Waals surface area contributed by atoms with E-state index < -0.39 is 0 Å². The van der Waals surface area contributed by atoms with Crippen LogP contribution in [-0.4, -0.2) is 30.9 Å². The van der Waals surface area contributed by atoms with Crippen LogP contribution in [0.15, 0.2) is 84.3 Å². The molecule has 0 radical (unpaired) electrons. The number of anilines is 1. The van der Waals surface area contributed by atoms with Gasteiger partial charge in [0.2, 0.25) is 5.91 Å². The van der Waals surface area contributed by atoms with Crippen LogP contribution in [0.3, 0.4) is 0 Å². The molecule has 1 amide bonds. The Morgan fingerprint density at radius 3 is 2.45 bits per heavy atom. The average Bonchev–Trinajstić information content (AvgIpc) is 3.27. The van der Waals surface area contributed by atoms with Crippen molar-refractivity contribution in [3.05, 3.63) is 84.7 Å². The van der Waals surface area contributed by atoms with E-state index in [-0.39, 0.29) is 11.2 Å². The van der Waals surface area contributed by atoms with Gasteiger partial charge in [0, 0.05) is 30.2 Å². The second-order valence-corrected chi connectivity index (χ2v) is 8.64. The highest BCUT2D eigenvalue weighted by Crippen LogP contribution is 2.27. The minimum Gasteiger partial charge on any atom is -0.489 e. The fourth-order valence-electron chi connectivity index (χ4n) is 3.21. The first kappa shape index (κ1) is 22.5. The average molecular weight is 460 g/mol. The lowest BCUT2D eigenvalue weighted by Crippen LogP contribution is -2.22. The van der Waals surface area contributed by atoms with Gasteiger partial charge in [0.25, 0.3) is 0 Å². The van der Waals surface area contributed by atoms with Crippen LogP contribution in [0.4, 0.5) is 5.69 Å². The van der Waals surface area contributed by atoms with Crippen molar-refractivity contribution in [2.75, 3.05) is 5.32 Å². The van der Waals surface area contributed by atoms with Crippen molar-refractivity contribution in [3.63, 3.8) is 0 Å². The third-order valence-electron chi connectivity index (χ3n) is 4.99. The number of pyridine rings is 1. The molecule has 0 aliphatic carbocycles. The molecule has 4 rings (SSSR count). The smallest absolute Gasteiger partial charge is 0.237 e. The Morgan fingerprint density at radius 1 is 1.03 bits per heavy atom. The highest BCUT2D eigenvalue weighted by atomic mass is 32.2. The van der Waals surface area contributed by atoms with E-state index in [9.17, 15) is 4.79 Å². The molecule has 0 aliphatic rings. The number of benzene rings is 2. The van der Waals surface area contributed by atoms with Gasteiger partial charge in [-0.25, -0.2) is 0 Å². The van der Waals surface area contributed by atoms with Gasteiger partial charge in [0.05, 0.1) is 5.25 Å². The van der Waals surface area contributed by atoms with Gasteiger partial charge in [-0.3, -0.25) is 9.78 Å². The van der Waals surface area contributed by atoms with Crippen LogP contribution in [-0.2, 0) is 17.9 Å². The minimum absolute atomic E-state index is 0.103. The van der Waals surface area contributed by atoms with Crippen LogP contribution in [0.2, 0.25) is 0 Å². The highest BCUT2D eigenvalue weighted by molar-refractivity contribution is 8.00. The first-order chi connectivity index (χ1) is 16.1. The molecule has 0 saturated heterocycles. The molecular weight excluding hydrogens is 434 g/mol. The van der Waals surface area contributed by atoms with Crippen LogP contribution < -0.4 is 10.1 Å². The molecule has 2 heterocycles. The summed E-state index contributed by atoms with van der Waals surface area (Å²) >= 11 is 1.38. The third kappa shape index (κ3) is 5.78. The molecule has 0 fully saturated rings. The molecule has 0 bridgehead atoms. The number of carbonyl (C=O) groups is 1. The molecule has 0 saturated carbocycles. The molecule has 1 N–H and O–H groups in total. The molecule has 168 valence electrons. The van der Waals surface area contributed by atoms with Crippen molar-refractivity contribution in [2.24, 2.45) is 0 Å². The molecule has 0 spiro atoms. The van der Waals surface area contributed by atoms with E-state index in [0.29, 0.717) is 24.0 Å². The van der Waals surface area contributed by atoms with Gasteiger partial charge in [-0.05, 0) is 55.8 Å². The van der Waals surface area contributed by atoms with E-state index in [4.69, 9.17) is 4.74 Å². The summed E-state index contributed by atoms with van der Waals surface area (Å²) < 4.78 is 7.81. The number of hydrogen-bond donors (Lipinski definition) is 1. The molecule has 0 unspecified atom stereocenters. The van der Waals surface area contributed by atoms with Gasteiger partial charge >= 0.3 is 0 Å². The topological polar surface area (TPSA) is 81.9 Å². The fourth-order valence-corrected chi connectivity index (χ4v) is 4.12. The Hall–Kier alpha value is -3.65. The number of nitrogens with zero attached hydrogens (tertiary/aromatic N) is 4. The molecule has 2 aromatic carbocycles. The van der Waals surface area contributed by atoms with Gasteiger partial charge in [-0.2, -0.15) is 0 Å². The first-order valence-electron chi connectivity index (χ1n) is 10.7. The standard InChI is InChI=1S/C25H25N5O2S/c1-3-30-23(20-13-15-26-16-14-20)28-29-25(30)33-18(2)24(31)27-21-9-11-22(12-10-21)32-17-19-7-5-4-6-8-19/h4-16,18H,3,17H2,1-2H3,(H,27,31)/t18-/m1/s1. The third-order valence-corrected chi connectivity index (χ3v) is 6.07. The monoisotopic (exact) mass is 459 g/mol. The second kappa shape index (κ2) is 10.8. The van der Waals surface area contributed by atoms with E-state index >= 15 is 0 Å². The summed E-state index contributed by atoms with van der Waals surface area (Å²) in [5.41, 5.74) is 2.76. The van der Waals surface area contributed by atoms with Crippen LogP contribution in [0.1, 0.15) is 19.4 Å². The molecule has 8 heteroatoms. The lowest BCUT2D eigenvalue weighted by Gasteiger charge is -2.13. The Labute approximate surface area is 197 Å². The van der Waals surface area contributed by atoms with Crippen molar-refractivity contribution in [2.45, 2.75) is 37.4 Å². The molecule has 1 atom stereocenters. The second-order valence-electron chi connectivity index (χ2n) is 7.33. The van der Waals surface area contributed by atoms with Crippen LogP contribution >= 0.6 is 11.8 Å². The maximum atomic E-state index is 12.8.